The highest BCUT2D eigenvalue weighted by atomic mass is 19.4. The predicted molar refractivity (Wildman–Crippen MR) is 62.5 cm³/mol. The van der Waals surface area contributed by atoms with Gasteiger partial charge in [0.2, 0.25) is 0 Å². The summed E-state index contributed by atoms with van der Waals surface area (Å²) < 4.78 is 37.5. The molecule has 2 fully saturated rings. The van der Waals surface area contributed by atoms with Crippen LogP contribution in [0.25, 0.3) is 0 Å². The van der Waals surface area contributed by atoms with Crippen molar-refractivity contribution in [1.29, 1.82) is 0 Å². The molecule has 2 aliphatic carbocycles. The van der Waals surface area contributed by atoms with E-state index < -0.39 is 17.8 Å². The molecule has 1 aromatic rings. The van der Waals surface area contributed by atoms with Crippen LogP contribution in [0.1, 0.15) is 35.4 Å². The molecule has 3 rings (SSSR count). The van der Waals surface area contributed by atoms with Gasteiger partial charge in [-0.3, -0.25) is 4.79 Å². The minimum absolute atomic E-state index is 0.0275. The summed E-state index contributed by atoms with van der Waals surface area (Å²) in [5.74, 6) is -0.605. The number of halogens is 3. The summed E-state index contributed by atoms with van der Waals surface area (Å²) in [4.78, 5) is 18.5. The second-order valence-electron chi connectivity index (χ2n) is 5.54. The van der Waals surface area contributed by atoms with E-state index in [1.54, 1.807) is 0 Å². The normalized spacial score (nSPS) is 31.8. The van der Waals surface area contributed by atoms with Gasteiger partial charge in [0.25, 0.3) is 5.91 Å². The Morgan fingerprint density at radius 3 is 2.55 bits per heavy atom. The Morgan fingerprint density at radius 2 is 2.00 bits per heavy atom. The maximum atomic E-state index is 12.5. The molecule has 1 spiro atoms. The third-order valence-corrected chi connectivity index (χ3v) is 4.08. The summed E-state index contributed by atoms with van der Waals surface area (Å²) >= 11 is 0. The van der Waals surface area contributed by atoms with E-state index in [0.717, 1.165) is 25.6 Å². The number of rotatable bonds is 2. The second kappa shape index (κ2) is 4.15. The number of nitrogens with one attached hydrogen (secondary N) is 1. The molecule has 0 aromatic carbocycles. The van der Waals surface area contributed by atoms with Crippen molar-refractivity contribution in [3.63, 3.8) is 0 Å². The van der Waals surface area contributed by atoms with Crippen molar-refractivity contribution < 1.29 is 18.0 Å². The zero-order chi connectivity index (χ0) is 14.5. The molecule has 20 heavy (non-hydrogen) atoms. The van der Waals surface area contributed by atoms with E-state index in [0.29, 0.717) is 6.07 Å². The van der Waals surface area contributed by atoms with E-state index in [-0.39, 0.29) is 23.2 Å². The highest BCUT2D eigenvalue weighted by molar-refractivity contribution is 5.92. The lowest BCUT2D eigenvalue weighted by molar-refractivity contribution is -0.141. The van der Waals surface area contributed by atoms with Crippen LogP contribution in [-0.2, 0) is 6.18 Å². The molecule has 8 heteroatoms. The fraction of sp³-hybridized carbons (Fsp3) is 0.583. The van der Waals surface area contributed by atoms with Gasteiger partial charge in [0.1, 0.15) is 17.7 Å². The average molecular weight is 286 g/mol. The minimum atomic E-state index is -4.58. The number of carbonyl (C=O) groups is 1. The number of hydrogen-bond donors (Lipinski definition) is 2. The van der Waals surface area contributed by atoms with Gasteiger partial charge in [0.05, 0.1) is 0 Å². The predicted octanol–water partition coefficient (Wildman–Crippen LogP) is 1.10. The zero-order valence-corrected chi connectivity index (χ0v) is 10.4. The summed E-state index contributed by atoms with van der Waals surface area (Å²) in [5.41, 5.74) is 4.55. The van der Waals surface area contributed by atoms with Gasteiger partial charge in [-0.15, -0.1) is 0 Å². The van der Waals surface area contributed by atoms with E-state index in [9.17, 15) is 18.0 Å². The van der Waals surface area contributed by atoms with Crippen LogP contribution >= 0.6 is 0 Å². The van der Waals surface area contributed by atoms with Gasteiger partial charge in [0, 0.05) is 18.2 Å². The molecule has 1 amide bonds. The summed E-state index contributed by atoms with van der Waals surface area (Å²) in [6.07, 6.45) is -1.30. The fourth-order valence-corrected chi connectivity index (χ4v) is 2.77. The Hall–Kier alpha value is -1.70. The molecule has 2 aliphatic rings. The van der Waals surface area contributed by atoms with Crippen molar-refractivity contribution in [1.82, 2.24) is 15.3 Å². The van der Waals surface area contributed by atoms with Gasteiger partial charge in [-0.2, -0.15) is 13.2 Å². The smallest absolute Gasteiger partial charge is 0.348 e. The standard InChI is InChI=1S/C12H13F3N4O/c13-12(14,15)9-1-7(17-5-18-9)10(20)19-6-2-11(3-6)4-8(11)16/h1,5-6,8H,2-4,16H2,(H,19,20). The summed E-state index contributed by atoms with van der Waals surface area (Å²) in [7, 11) is 0. The lowest BCUT2D eigenvalue weighted by Crippen LogP contribution is -2.47. The Morgan fingerprint density at radius 1 is 1.35 bits per heavy atom. The van der Waals surface area contributed by atoms with Crippen LogP contribution in [0.15, 0.2) is 12.4 Å². The minimum Gasteiger partial charge on any atom is -0.348 e. The second-order valence-corrected chi connectivity index (χ2v) is 5.54. The van der Waals surface area contributed by atoms with Crippen molar-refractivity contribution in [3.05, 3.63) is 23.8 Å². The first-order valence-corrected chi connectivity index (χ1v) is 6.26. The molecule has 0 saturated heterocycles. The Labute approximate surface area is 112 Å². The Bertz CT molecular complexity index is 554. The Balaban J connectivity index is 1.63. The summed E-state index contributed by atoms with van der Waals surface area (Å²) in [6, 6.07) is 0.832. The van der Waals surface area contributed by atoms with Crippen LogP contribution in [0.5, 0.6) is 0 Å². The number of hydrogen-bond acceptors (Lipinski definition) is 4. The van der Waals surface area contributed by atoms with Gasteiger partial charge >= 0.3 is 6.18 Å². The molecule has 3 N–H and O–H groups in total. The van der Waals surface area contributed by atoms with Crippen LogP contribution in [0, 0.1) is 5.41 Å². The van der Waals surface area contributed by atoms with Crippen molar-refractivity contribution >= 4 is 5.91 Å². The van der Waals surface area contributed by atoms with Gasteiger partial charge in [-0.25, -0.2) is 9.97 Å². The van der Waals surface area contributed by atoms with Crippen molar-refractivity contribution in [2.24, 2.45) is 11.1 Å². The first kappa shape index (κ1) is 13.3. The van der Waals surface area contributed by atoms with Crippen LogP contribution in [0.3, 0.4) is 0 Å². The molecule has 1 aromatic heterocycles. The number of nitrogens with zero attached hydrogens (tertiary/aromatic N) is 2. The van der Waals surface area contributed by atoms with E-state index in [4.69, 9.17) is 5.73 Å². The molecule has 5 nitrogen and oxygen atoms in total. The Kier molecular flexibility index (Phi) is 2.75. The molecule has 1 unspecified atom stereocenters. The summed E-state index contributed by atoms with van der Waals surface area (Å²) in [6.45, 7) is 0. The summed E-state index contributed by atoms with van der Waals surface area (Å²) in [5, 5.41) is 2.68. The maximum absolute atomic E-state index is 12.5. The lowest BCUT2D eigenvalue weighted by Gasteiger charge is -2.36. The molecule has 0 bridgehead atoms. The SMILES string of the molecule is NC1CC12CC(NC(=O)c1cc(C(F)(F)F)ncn1)C2. The largest absolute Gasteiger partial charge is 0.433 e. The van der Waals surface area contributed by atoms with Gasteiger partial charge in [-0.05, 0) is 24.7 Å². The van der Waals surface area contributed by atoms with Crippen LogP contribution in [0.2, 0.25) is 0 Å². The first-order valence-electron chi connectivity index (χ1n) is 6.26. The topological polar surface area (TPSA) is 80.9 Å². The van der Waals surface area contributed by atoms with E-state index >= 15 is 0 Å². The number of nitrogens with two attached hydrogens (primary N) is 1. The maximum Gasteiger partial charge on any atom is 0.433 e. The first-order chi connectivity index (χ1) is 9.30. The third-order valence-electron chi connectivity index (χ3n) is 4.08. The van der Waals surface area contributed by atoms with E-state index in [1.807, 2.05) is 0 Å². The zero-order valence-electron chi connectivity index (χ0n) is 10.4. The monoisotopic (exact) mass is 286 g/mol. The highest BCUT2D eigenvalue weighted by Crippen LogP contribution is 2.59. The molecule has 108 valence electrons. The van der Waals surface area contributed by atoms with Gasteiger partial charge in [-0.1, -0.05) is 0 Å². The molecule has 1 heterocycles. The van der Waals surface area contributed by atoms with E-state index in [1.165, 1.54) is 0 Å². The van der Waals surface area contributed by atoms with Crippen molar-refractivity contribution in [3.8, 4) is 0 Å². The van der Waals surface area contributed by atoms with Gasteiger partial charge in [0.15, 0.2) is 0 Å². The van der Waals surface area contributed by atoms with Gasteiger partial charge < -0.3 is 11.1 Å². The molecule has 1 atom stereocenters. The van der Waals surface area contributed by atoms with Crippen LogP contribution in [-0.4, -0.2) is 28.0 Å². The van der Waals surface area contributed by atoms with Crippen molar-refractivity contribution in [2.75, 3.05) is 0 Å². The lowest BCUT2D eigenvalue weighted by atomic mass is 9.76. The molecule has 2 saturated carbocycles. The number of amides is 1. The fourth-order valence-electron chi connectivity index (χ4n) is 2.77. The van der Waals surface area contributed by atoms with Crippen molar-refractivity contribution in [2.45, 2.75) is 37.5 Å². The molecular formula is C12H13F3N4O. The number of aromatic nitrogens is 2. The molecule has 0 aliphatic heterocycles. The molecular weight excluding hydrogens is 273 g/mol. The van der Waals surface area contributed by atoms with E-state index in [2.05, 4.69) is 15.3 Å². The van der Waals surface area contributed by atoms with Crippen LogP contribution < -0.4 is 11.1 Å². The number of carbonyl (C=O) groups excluding carboxylic acids is 1. The molecule has 0 radical (unpaired) electrons. The number of alkyl halides is 3. The van der Waals surface area contributed by atoms with Crippen LogP contribution in [0.4, 0.5) is 13.2 Å². The third kappa shape index (κ3) is 2.24. The highest BCUT2D eigenvalue weighted by Gasteiger charge is 2.60. The quantitative estimate of drug-likeness (QED) is 0.853. The average Bonchev–Trinajstić information content (AvgIpc) is 2.99.